The van der Waals surface area contributed by atoms with Crippen molar-refractivity contribution in [1.82, 2.24) is 24.9 Å². The molecule has 1 N–H and O–H groups in total. The van der Waals surface area contributed by atoms with Crippen LogP contribution in [0.15, 0.2) is 73.1 Å². The largest absolute Gasteiger partial charge is 0.470 e. The van der Waals surface area contributed by atoms with Crippen LogP contribution in [-0.2, 0) is 6.54 Å². The van der Waals surface area contributed by atoms with Gasteiger partial charge in [-0.05, 0) is 30.7 Å². The summed E-state index contributed by atoms with van der Waals surface area (Å²) in [5.74, 6) is 0.896. The number of carbonyl (C=O) groups is 1. The van der Waals surface area contributed by atoms with E-state index in [0.717, 1.165) is 11.2 Å². The molecule has 0 spiro atoms. The molecule has 3 aromatic heterocycles. The molecule has 1 unspecified atom stereocenters. The number of hydrogen-bond acceptors (Lipinski definition) is 5. The molecular formula is C21H19N5O2. The zero-order valence-electron chi connectivity index (χ0n) is 15.3. The van der Waals surface area contributed by atoms with Crippen LogP contribution < -0.4 is 10.1 Å². The van der Waals surface area contributed by atoms with Crippen LogP contribution in [0.2, 0.25) is 0 Å². The summed E-state index contributed by atoms with van der Waals surface area (Å²) < 4.78 is 7.67. The van der Waals surface area contributed by atoms with Gasteiger partial charge in [-0.25, -0.2) is 4.98 Å². The normalized spacial score (nSPS) is 11.9. The maximum atomic E-state index is 12.4. The first-order chi connectivity index (χ1) is 13.7. The molecule has 1 amide bonds. The standard InChI is InChI=1S/C21H19N5O2/c1-15(16-7-3-2-4-8-16)28-20-11-10-17(13-22-20)21(27)23-14-19-25-24-18-9-5-6-12-26(18)19/h2-13,15H,14H2,1H3,(H,23,27). The lowest BCUT2D eigenvalue weighted by molar-refractivity contribution is 0.0949. The van der Waals surface area contributed by atoms with Crippen LogP contribution in [0.5, 0.6) is 5.88 Å². The monoisotopic (exact) mass is 373 g/mol. The van der Waals surface area contributed by atoms with E-state index in [1.54, 1.807) is 12.1 Å². The fraction of sp³-hybridized carbons (Fsp3) is 0.143. The Morgan fingerprint density at radius 3 is 2.68 bits per heavy atom. The minimum absolute atomic E-state index is 0.130. The number of carbonyl (C=O) groups excluding carboxylic acids is 1. The van der Waals surface area contributed by atoms with Gasteiger partial charge in [0.1, 0.15) is 6.10 Å². The van der Waals surface area contributed by atoms with Gasteiger partial charge in [-0.2, -0.15) is 0 Å². The first kappa shape index (κ1) is 17.7. The van der Waals surface area contributed by atoms with Gasteiger partial charge in [-0.3, -0.25) is 9.20 Å². The van der Waals surface area contributed by atoms with Gasteiger partial charge >= 0.3 is 0 Å². The summed E-state index contributed by atoms with van der Waals surface area (Å²) in [5.41, 5.74) is 2.25. The molecule has 1 atom stereocenters. The Balaban J connectivity index is 1.37. The first-order valence-corrected chi connectivity index (χ1v) is 8.95. The van der Waals surface area contributed by atoms with Gasteiger partial charge < -0.3 is 10.1 Å². The van der Waals surface area contributed by atoms with E-state index in [1.165, 1.54) is 6.20 Å². The molecule has 0 saturated heterocycles. The van der Waals surface area contributed by atoms with Gasteiger partial charge in [0.05, 0.1) is 12.1 Å². The molecule has 4 rings (SSSR count). The van der Waals surface area contributed by atoms with Crippen LogP contribution in [0.3, 0.4) is 0 Å². The van der Waals surface area contributed by atoms with Crippen molar-refractivity contribution < 1.29 is 9.53 Å². The SMILES string of the molecule is CC(Oc1ccc(C(=O)NCc2nnc3ccccn23)cn1)c1ccccc1. The molecule has 0 aliphatic rings. The summed E-state index contributed by atoms with van der Waals surface area (Å²) in [6, 6.07) is 18.9. The Morgan fingerprint density at radius 1 is 1.07 bits per heavy atom. The van der Waals surface area contributed by atoms with Crippen molar-refractivity contribution >= 4 is 11.6 Å². The highest BCUT2D eigenvalue weighted by Gasteiger charge is 2.11. The van der Waals surface area contributed by atoms with Crippen LogP contribution in [0.25, 0.3) is 5.65 Å². The lowest BCUT2D eigenvalue weighted by Gasteiger charge is -2.14. The van der Waals surface area contributed by atoms with Crippen LogP contribution >= 0.6 is 0 Å². The second-order valence-corrected chi connectivity index (χ2v) is 6.28. The number of rotatable bonds is 6. The molecule has 0 aliphatic heterocycles. The number of nitrogens with one attached hydrogen (secondary N) is 1. The quantitative estimate of drug-likeness (QED) is 0.561. The number of aromatic nitrogens is 4. The van der Waals surface area contributed by atoms with E-state index in [0.29, 0.717) is 17.3 Å². The van der Waals surface area contributed by atoms with E-state index in [2.05, 4.69) is 20.5 Å². The lowest BCUT2D eigenvalue weighted by atomic mass is 10.1. The van der Waals surface area contributed by atoms with E-state index in [-0.39, 0.29) is 18.6 Å². The van der Waals surface area contributed by atoms with Crippen molar-refractivity contribution in [2.24, 2.45) is 0 Å². The highest BCUT2D eigenvalue weighted by molar-refractivity contribution is 5.93. The fourth-order valence-electron chi connectivity index (χ4n) is 2.83. The van der Waals surface area contributed by atoms with Crippen molar-refractivity contribution in [3.8, 4) is 5.88 Å². The van der Waals surface area contributed by atoms with E-state index in [4.69, 9.17) is 4.74 Å². The molecule has 0 bridgehead atoms. The number of amides is 1. The van der Waals surface area contributed by atoms with Gasteiger partial charge in [-0.15, -0.1) is 10.2 Å². The number of fused-ring (bicyclic) bond motifs is 1. The summed E-state index contributed by atoms with van der Waals surface area (Å²) in [7, 11) is 0. The van der Waals surface area contributed by atoms with E-state index >= 15 is 0 Å². The number of ether oxygens (including phenoxy) is 1. The lowest BCUT2D eigenvalue weighted by Crippen LogP contribution is -2.24. The highest BCUT2D eigenvalue weighted by Crippen LogP contribution is 2.19. The zero-order chi connectivity index (χ0) is 19.3. The number of nitrogens with zero attached hydrogens (tertiary/aromatic N) is 4. The minimum Gasteiger partial charge on any atom is -0.470 e. The van der Waals surface area contributed by atoms with Crippen LogP contribution in [0.1, 0.15) is 34.8 Å². The highest BCUT2D eigenvalue weighted by atomic mass is 16.5. The molecule has 140 valence electrons. The van der Waals surface area contributed by atoms with Gasteiger partial charge in [0.2, 0.25) is 5.88 Å². The zero-order valence-corrected chi connectivity index (χ0v) is 15.3. The fourth-order valence-corrected chi connectivity index (χ4v) is 2.83. The van der Waals surface area contributed by atoms with Gasteiger partial charge in [0.15, 0.2) is 11.5 Å². The van der Waals surface area contributed by atoms with Crippen LogP contribution in [0, 0.1) is 0 Å². The van der Waals surface area contributed by atoms with Gasteiger partial charge in [-0.1, -0.05) is 36.4 Å². The third-order valence-electron chi connectivity index (χ3n) is 4.36. The summed E-state index contributed by atoms with van der Waals surface area (Å²) >= 11 is 0. The van der Waals surface area contributed by atoms with Gasteiger partial charge in [0, 0.05) is 18.5 Å². The summed E-state index contributed by atoms with van der Waals surface area (Å²) in [6.07, 6.45) is 3.23. The summed E-state index contributed by atoms with van der Waals surface area (Å²) in [5, 5.41) is 11.0. The molecule has 0 aliphatic carbocycles. The smallest absolute Gasteiger partial charge is 0.253 e. The third-order valence-corrected chi connectivity index (χ3v) is 4.36. The Hall–Kier alpha value is -3.74. The molecule has 7 nitrogen and oxygen atoms in total. The van der Waals surface area contributed by atoms with Crippen molar-refractivity contribution in [3.05, 3.63) is 90.0 Å². The Bertz CT molecular complexity index is 1080. The summed E-state index contributed by atoms with van der Waals surface area (Å²) in [4.78, 5) is 16.6. The molecule has 3 heterocycles. The Morgan fingerprint density at radius 2 is 1.89 bits per heavy atom. The maximum absolute atomic E-state index is 12.4. The average molecular weight is 373 g/mol. The summed E-state index contributed by atoms with van der Waals surface area (Å²) in [6.45, 7) is 2.23. The molecule has 4 aromatic rings. The molecule has 7 heteroatoms. The third kappa shape index (κ3) is 3.83. The second-order valence-electron chi connectivity index (χ2n) is 6.28. The van der Waals surface area contributed by atoms with Crippen LogP contribution in [-0.4, -0.2) is 25.5 Å². The van der Waals surface area contributed by atoms with Crippen molar-refractivity contribution in [2.75, 3.05) is 0 Å². The average Bonchev–Trinajstić information content (AvgIpc) is 3.16. The van der Waals surface area contributed by atoms with E-state index < -0.39 is 0 Å². The maximum Gasteiger partial charge on any atom is 0.253 e. The van der Waals surface area contributed by atoms with E-state index in [1.807, 2.05) is 66.1 Å². The Labute approximate surface area is 162 Å². The van der Waals surface area contributed by atoms with Crippen molar-refractivity contribution in [1.29, 1.82) is 0 Å². The molecule has 0 fully saturated rings. The second kappa shape index (κ2) is 7.87. The van der Waals surface area contributed by atoms with Crippen molar-refractivity contribution in [2.45, 2.75) is 19.6 Å². The molecule has 0 radical (unpaired) electrons. The van der Waals surface area contributed by atoms with Crippen LogP contribution in [0.4, 0.5) is 0 Å². The topological polar surface area (TPSA) is 81.4 Å². The predicted octanol–water partition coefficient (Wildman–Crippen LogP) is 3.19. The van der Waals surface area contributed by atoms with E-state index in [9.17, 15) is 4.79 Å². The number of hydrogen-bond donors (Lipinski definition) is 1. The van der Waals surface area contributed by atoms with Gasteiger partial charge in [0.25, 0.3) is 5.91 Å². The number of benzene rings is 1. The molecule has 0 saturated carbocycles. The molecule has 1 aromatic carbocycles. The first-order valence-electron chi connectivity index (χ1n) is 8.95. The minimum atomic E-state index is -0.233. The molecular weight excluding hydrogens is 354 g/mol. The van der Waals surface area contributed by atoms with Crippen molar-refractivity contribution in [3.63, 3.8) is 0 Å². The predicted molar refractivity (Wildman–Crippen MR) is 104 cm³/mol. The molecule has 28 heavy (non-hydrogen) atoms. The Kier molecular flexibility index (Phi) is 4.97. The number of pyridine rings is 2.